The van der Waals surface area contributed by atoms with E-state index in [9.17, 15) is 4.79 Å². The summed E-state index contributed by atoms with van der Waals surface area (Å²) in [5.74, 6) is 1.59. The highest BCUT2D eigenvalue weighted by atomic mass is 16.6. The van der Waals surface area contributed by atoms with Crippen molar-refractivity contribution >= 4 is 6.09 Å². The van der Waals surface area contributed by atoms with Crippen LogP contribution >= 0.6 is 0 Å². The first kappa shape index (κ1) is 18.3. The lowest BCUT2D eigenvalue weighted by molar-refractivity contribution is 0.0500. The fraction of sp³-hybridized carbons (Fsp3) is 0.941. The summed E-state index contributed by atoms with van der Waals surface area (Å²) in [5, 5.41) is 6.59. The van der Waals surface area contributed by atoms with Gasteiger partial charge in [-0.05, 0) is 58.3 Å². The Kier molecular flexibility index (Phi) is 6.98. The molecule has 1 fully saturated rings. The summed E-state index contributed by atoms with van der Waals surface area (Å²) in [6.07, 6.45) is 4.41. The quantitative estimate of drug-likeness (QED) is 0.813. The molecule has 1 aliphatic carbocycles. The van der Waals surface area contributed by atoms with Gasteiger partial charge in [-0.3, -0.25) is 0 Å². The first-order chi connectivity index (χ1) is 9.69. The first-order valence-electron chi connectivity index (χ1n) is 8.42. The predicted molar refractivity (Wildman–Crippen MR) is 87.4 cm³/mol. The molecule has 0 saturated heterocycles. The van der Waals surface area contributed by atoms with Crippen molar-refractivity contribution < 1.29 is 9.53 Å². The molecule has 4 heteroatoms. The van der Waals surface area contributed by atoms with E-state index in [4.69, 9.17) is 4.74 Å². The Morgan fingerprint density at radius 1 is 1.19 bits per heavy atom. The normalized spacial score (nSPS) is 28.0. The van der Waals surface area contributed by atoms with Gasteiger partial charge in [0.05, 0.1) is 0 Å². The van der Waals surface area contributed by atoms with Gasteiger partial charge in [0.15, 0.2) is 0 Å². The standard InChI is InChI=1S/C17H34N2O2/c1-7-14(19-16(20)21-17(4,5)6)11-18-15-9-12(2)8-13(3)10-15/h12-15,18H,7-11H2,1-6H3,(H,19,20). The Labute approximate surface area is 130 Å². The minimum Gasteiger partial charge on any atom is -0.444 e. The van der Waals surface area contributed by atoms with Crippen molar-refractivity contribution in [2.75, 3.05) is 6.54 Å². The van der Waals surface area contributed by atoms with Crippen LogP contribution in [0, 0.1) is 11.8 Å². The molecular weight excluding hydrogens is 264 g/mol. The predicted octanol–water partition coefficient (Wildman–Crippen LogP) is 3.70. The van der Waals surface area contributed by atoms with Crippen LogP contribution in [0.4, 0.5) is 4.79 Å². The van der Waals surface area contributed by atoms with Crippen LogP contribution in [-0.2, 0) is 4.74 Å². The molecule has 0 aromatic heterocycles. The third kappa shape index (κ3) is 7.70. The number of hydrogen-bond donors (Lipinski definition) is 2. The average Bonchev–Trinajstić information content (AvgIpc) is 2.30. The van der Waals surface area contributed by atoms with Crippen molar-refractivity contribution in [3.63, 3.8) is 0 Å². The second-order valence-electron chi connectivity index (χ2n) is 7.77. The van der Waals surface area contributed by atoms with Crippen LogP contribution in [-0.4, -0.2) is 30.3 Å². The molecule has 0 spiro atoms. The molecule has 0 heterocycles. The maximum absolute atomic E-state index is 11.8. The van der Waals surface area contributed by atoms with E-state index in [1.54, 1.807) is 0 Å². The van der Waals surface area contributed by atoms with E-state index in [0.717, 1.165) is 24.8 Å². The van der Waals surface area contributed by atoms with Crippen LogP contribution in [0.1, 0.15) is 67.2 Å². The van der Waals surface area contributed by atoms with Gasteiger partial charge in [-0.15, -0.1) is 0 Å². The zero-order chi connectivity index (χ0) is 16.0. The molecular formula is C17H34N2O2. The van der Waals surface area contributed by atoms with Gasteiger partial charge in [0.1, 0.15) is 5.60 Å². The molecule has 0 bridgehead atoms. The van der Waals surface area contributed by atoms with E-state index >= 15 is 0 Å². The topological polar surface area (TPSA) is 50.4 Å². The highest BCUT2D eigenvalue weighted by molar-refractivity contribution is 5.68. The lowest BCUT2D eigenvalue weighted by atomic mass is 9.80. The zero-order valence-corrected chi connectivity index (χ0v) is 14.7. The number of carbonyl (C=O) groups excluding carboxylic acids is 1. The molecule has 124 valence electrons. The third-order valence-corrected chi connectivity index (χ3v) is 4.05. The van der Waals surface area contributed by atoms with E-state index in [2.05, 4.69) is 31.4 Å². The van der Waals surface area contributed by atoms with Crippen LogP contribution in [0.15, 0.2) is 0 Å². The monoisotopic (exact) mass is 298 g/mol. The van der Waals surface area contributed by atoms with Crippen molar-refractivity contribution in [3.05, 3.63) is 0 Å². The molecule has 4 nitrogen and oxygen atoms in total. The van der Waals surface area contributed by atoms with Crippen molar-refractivity contribution in [3.8, 4) is 0 Å². The van der Waals surface area contributed by atoms with Gasteiger partial charge in [0.2, 0.25) is 0 Å². The number of nitrogens with one attached hydrogen (secondary N) is 2. The van der Waals surface area contributed by atoms with Gasteiger partial charge in [-0.25, -0.2) is 4.79 Å². The second kappa shape index (κ2) is 8.02. The Morgan fingerprint density at radius 3 is 2.24 bits per heavy atom. The molecule has 3 unspecified atom stereocenters. The van der Waals surface area contributed by atoms with Gasteiger partial charge in [0, 0.05) is 18.6 Å². The Balaban J connectivity index is 2.35. The molecule has 21 heavy (non-hydrogen) atoms. The molecule has 3 atom stereocenters. The van der Waals surface area contributed by atoms with Crippen LogP contribution in [0.5, 0.6) is 0 Å². The highest BCUT2D eigenvalue weighted by Crippen LogP contribution is 2.28. The second-order valence-corrected chi connectivity index (χ2v) is 7.77. The smallest absolute Gasteiger partial charge is 0.407 e. The van der Waals surface area contributed by atoms with E-state index in [1.165, 1.54) is 19.3 Å². The number of carbonyl (C=O) groups is 1. The summed E-state index contributed by atoms with van der Waals surface area (Å²) >= 11 is 0. The first-order valence-corrected chi connectivity index (χ1v) is 8.42. The van der Waals surface area contributed by atoms with Gasteiger partial charge in [-0.2, -0.15) is 0 Å². The molecule has 2 N–H and O–H groups in total. The largest absolute Gasteiger partial charge is 0.444 e. The minimum atomic E-state index is -0.440. The Bertz CT molecular complexity index is 315. The lowest BCUT2D eigenvalue weighted by Gasteiger charge is -2.33. The Morgan fingerprint density at radius 2 is 1.76 bits per heavy atom. The summed E-state index contributed by atoms with van der Waals surface area (Å²) in [6, 6.07) is 0.714. The van der Waals surface area contributed by atoms with Gasteiger partial charge in [-0.1, -0.05) is 20.8 Å². The molecule has 0 radical (unpaired) electrons. The number of rotatable bonds is 5. The minimum absolute atomic E-state index is 0.132. The van der Waals surface area contributed by atoms with Crippen molar-refractivity contribution in [1.29, 1.82) is 0 Å². The zero-order valence-electron chi connectivity index (χ0n) is 14.7. The number of hydrogen-bond acceptors (Lipinski definition) is 3. The van der Waals surface area contributed by atoms with E-state index in [0.29, 0.717) is 6.04 Å². The van der Waals surface area contributed by atoms with Crippen LogP contribution in [0.3, 0.4) is 0 Å². The summed E-state index contributed by atoms with van der Waals surface area (Å²) < 4.78 is 5.32. The van der Waals surface area contributed by atoms with Crippen molar-refractivity contribution in [2.45, 2.75) is 84.9 Å². The fourth-order valence-corrected chi connectivity index (χ4v) is 3.19. The molecule has 0 aromatic carbocycles. The summed E-state index contributed by atoms with van der Waals surface area (Å²) in [6.45, 7) is 13.2. The molecule has 1 saturated carbocycles. The van der Waals surface area contributed by atoms with E-state index in [-0.39, 0.29) is 12.1 Å². The van der Waals surface area contributed by atoms with Crippen LogP contribution in [0.25, 0.3) is 0 Å². The maximum atomic E-state index is 11.8. The molecule has 1 amide bonds. The summed E-state index contributed by atoms with van der Waals surface area (Å²) in [4.78, 5) is 11.8. The molecule has 1 rings (SSSR count). The van der Waals surface area contributed by atoms with E-state index < -0.39 is 5.60 Å². The number of ether oxygens (including phenoxy) is 1. The Hall–Kier alpha value is -0.770. The summed E-state index contributed by atoms with van der Waals surface area (Å²) in [5.41, 5.74) is -0.440. The number of amides is 1. The van der Waals surface area contributed by atoms with Gasteiger partial charge >= 0.3 is 6.09 Å². The van der Waals surface area contributed by atoms with Crippen molar-refractivity contribution in [2.24, 2.45) is 11.8 Å². The van der Waals surface area contributed by atoms with Gasteiger partial charge < -0.3 is 15.4 Å². The van der Waals surface area contributed by atoms with E-state index in [1.807, 2.05) is 20.8 Å². The van der Waals surface area contributed by atoms with Crippen LogP contribution < -0.4 is 10.6 Å². The lowest BCUT2D eigenvalue weighted by Crippen LogP contribution is -2.47. The third-order valence-electron chi connectivity index (χ3n) is 4.05. The molecule has 0 aliphatic heterocycles. The number of alkyl carbamates (subject to hydrolysis) is 1. The average molecular weight is 298 g/mol. The van der Waals surface area contributed by atoms with Crippen molar-refractivity contribution in [1.82, 2.24) is 10.6 Å². The van der Waals surface area contributed by atoms with Crippen LogP contribution in [0.2, 0.25) is 0 Å². The highest BCUT2D eigenvalue weighted by Gasteiger charge is 2.24. The fourth-order valence-electron chi connectivity index (χ4n) is 3.19. The molecule has 1 aliphatic rings. The SMILES string of the molecule is CCC(CNC1CC(C)CC(C)C1)NC(=O)OC(C)(C)C. The summed E-state index contributed by atoms with van der Waals surface area (Å²) in [7, 11) is 0. The van der Waals surface area contributed by atoms with Gasteiger partial charge in [0.25, 0.3) is 0 Å². The molecule has 0 aromatic rings. The maximum Gasteiger partial charge on any atom is 0.407 e.